The second-order valence-corrected chi connectivity index (χ2v) is 17.8. The third-order valence-electron chi connectivity index (χ3n) is 11.5. The molecule has 9 atom stereocenters. The zero-order valence-electron chi connectivity index (χ0n) is 35.9. The Labute approximate surface area is 350 Å². The number of ether oxygens (including phenoxy) is 5. The minimum Gasteiger partial charge on any atom is -0.460 e. The average molecular weight is 825 g/mol. The Morgan fingerprint density at radius 1 is 1.00 bits per heavy atom. The Morgan fingerprint density at radius 3 is 2.37 bits per heavy atom. The van der Waals surface area contributed by atoms with Crippen molar-refractivity contribution in [2.75, 3.05) is 6.61 Å². The van der Waals surface area contributed by atoms with Crippen LogP contribution in [0, 0.1) is 5.92 Å². The molecule has 13 nitrogen and oxygen atoms in total. The molecule has 2 heterocycles. The van der Waals surface area contributed by atoms with E-state index in [0.717, 1.165) is 63.4 Å². The number of carbonyl (C=O) groups is 4. The molecule has 2 saturated heterocycles. The summed E-state index contributed by atoms with van der Waals surface area (Å²) in [6, 6.07) is 5.04. The second kappa shape index (κ2) is 21.3. The molecular formula is C46H68N2O11. The number of allylic oxidation sites excluding steroid dienone is 1. The fraction of sp³-hybridized carbons (Fsp3) is 0.696. The Kier molecular flexibility index (Phi) is 16.7. The first-order chi connectivity index (χ1) is 28.1. The quantitative estimate of drug-likeness (QED) is 0.0627. The monoisotopic (exact) mass is 824 g/mol. The fourth-order valence-corrected chi connectivity index (χ4v) is 8.26. The van der Waals surface area contributed by atoms with Crippen LogP contribution in [0.2, 0.25) is 0 Å². The van der Waals surface area contributed by atoms with Gasteiger partial charge in [0, 0.05) is 31.3 Å². The molecule has 0 bridgehead atoms. The van der Waals surface area contributed by atoms with E-state index >= 15 is 0 Å². The first kappa shape index (κ1) is 46.4. The molecule has 1 aromatic rings. The number of aliphatic hydroxyl groups excluding tert-OH is 2. The van der Waals surface area contributed by atoms with E-state index < -0.39 is 78.2 Å². The van der Waals surface area contributed by atoms with Crippen molar-refractivity contribution in [1.29, 1.82) is 0 Å². The van der Waals surface area contributed by atoms with Crippen molar-refractivity contribution in [1.82, 2.24) is 10.6 Å². The van der Waals surface area contributed by atoms with Gasteiger partial charge in [-0.3, -0.25) is 14.4 Å². The molecule has 4 N–H and O–H groups in total. The van der Waals surface area contributed by atoms with Crippen LogP contribution in [0.4, 0.5) is 0 Å². The molecule has 2 aliphatic carbocycles. The number of unbranched alkanes of at least 4 members (excludes halogenated alkanes) is 4. The van der Waals surface area contributed by atoms with Gasteiger partial charge >= 0.3 is 11.9 Å². The van der Waals surface area contributed by atoms with Gasteiger partial charge in [-0.2, -0.15) is 0 Å². The molecule has 1 saturated carbocycles. The summed E-state index contributed by atoms with van der Waals surface area (Å²) in [4.78, 5) is 53.7. The van der Waals surface area contributed by atoms with Crippen LogP contribution in [0.3, 0.4) is 0 Å². The minimum absolute atomic E-state index is 0.0170. The predicted octanol–water partition coefficient (Wildman–Crippen LogP) is 6.23. The molecule has 3 fully saturated rings. The van der Waals surface area contributed by atoms with Crippen LogP contribution >= 0.6 is 0 Å². The average Bonchev–Trinajstić information content (AvgIpc) is 3.88. The molecule has 13 heteroatoms. The highest BCUT2D eigenvalue weighted by atomic mass is 16.8. The standard InChI is InChI=1S/C46H68N2O11/c1-7-9-11-22-46(23-12-10-8-2)57-38-27-33(42(52)48-40(29(3)50)43(53)47-34(28-49)19-21-39(51)58-45(4,5)6)26-37(41(38)59-46)56-44(54)32-15-13-14-30(24-32)16-17-31-18-20-35-36(25-31)55-35/h13-17,24,27,29,31,34-38,40-41,49-50H,7-12,18-23,25-26,28H2,1-6H3,(H,47,53)(H,48,52). The van der Waals surface area contributed by atoms with Gasteiger partial charge in [0.1, 0.15) is 30.0 Å². The van der Waals surface area contributed by atoms with E-state index in [1.54, 1.807) is 39.0 Å². The second-order valence-electron chi connectivity index (χ2n) is 17.8. The SMILES string of the molecule is CCCCCC1(CCCCC)OC2C=C(C(=O)NC(C(=O)NC(CO)CCC(=O)OC(C)(C)C)C(C)O)CC(OC(=O)c3cccc(C=CC4CCC5OC5C4)c3)C2O1. The number of hydrogen-bond donors (Lipinski definition) is 4. The third kappa shape index (κ3) is 13.7. The van der Waals surface area contributed by atoms with E-state index in [4.69, 9.17) is 23.7 Å². The Bertz CT molecular complexity index is 1640. The molecule has 5 rings (SSSR count). The molecule has 2 amide bonds. The van der Waals surface area contributed by atoms with E-state index in [9.17, 15) is 29.4 Å². The summed E-state index contributed by atoms with van der Waals surface area (Å²) < 4.78 is 30.8. The maximum atomic E-state index is 14.0. The number of aliphatic hydroxyl groups is 2. The zero-order valence-corrected chi connectivity index (χ0v) is 35.9. The lowest BCUT2D eigenvalue weighted by Gasteiger charge is -2.32. The number of benzene rings is 1. The summed E-state index contributed by atoms with van der Waals surface area (Å²) >= 11 is 0. The molecule has 4 aliphatic rings. The van der Waals surface area contributed by atoms with Crippen LogP contribution in [-0.4, -0.2) is 101 Å². The summed E-state index contributed by atoms with van der Waals surface area (Å²) in [7, 11) is 0. The lowest BCUT2D eigenvalue weighted by Crippen LogP contribution is -2.55. The summed E-state index contributed by atoms with van der Waals surface area (Å²) in [5, 5.41) is 26.0. The van der Waals surface area contributed by atoms with Crippen molar-refractivity contribution >= 4 is 29.8 Å². The van der Waals surface area contributed by atoms with Crippen molar-refractivity contribution in [3.05, 3.63) is 53.1 Å². The summed E-state index contributed by atoms with van der Waals surface area (Å²) in [5.41, 5.74) is 0.780. The van der Waals surface area contributed by atoms with E-state index in [-0.39, 0.29) is 24.8 Å². The molecule has 2 aliphatic heterocycles. The van der Waals surface area contributed by atoms with Crippen LogP contribution in [-0.2, 0) is 38.1 Å². The van der Waals surface area contributed by atoms with Gasteiger partial charge < -0.3 is 44.5 Å². The fourth-order valence-electron chi connectivity index (χ4n) is 8.26. The number of fused-ring (bicyclic) bond motifs is 2. The first-order valence-corrected chi connectivity index (χ1v) is 22.0. The first-order valence-electron chi connectivity index (χ1n) is 22.0. The normalized spacial score (nSPS) is 26.1. The van der Waals surface area contributed by atoms with Gasteiger partial charge in [-0.05, 0) is 95.9 Å². The summed E-state index contributed by atoms with van der Waals surface area (Å²) in [6.07, 6.45) is 13.4. The number of nitrogens with one attached hydrogen (secondary N) is 2. The third-order valence-corrected chi connectivity index (χ3v) is 11.5. The number of esters is 2. The molecule has 59 heavy (non-hydrogen) atoms. The highest BCUT2D eigenvalue weighted by Crippen LogP contribution is 2.43. The topological polar surface area (TPSA) is 182 Å². The molecule has 0 aromatic heterocycles. The van der Waals surface area contributed by atoms with Gasteiger partial charge in [-0.15, -0.1) is 0 Å². The molecular weight excluding hydrogens is 757 g/mol. The van der Waals surface area contributed by atoms with Crippen molar-refractivity contribution in [2.24, 2.45) is 5.92 Å². The van der Waals surface area contributed by atoms with Gasteiger partial charge in [-0.1, -0.05) is 63.8 Å². The lowest BCUT2D eigenvalue weighted by atomic mass is 9.88. The number of rotatable bonds is 21. The van der Waals surface area contributed by atoms with Crippen LogP contribution in [0.1, 0.15) is 147 Å². The molecule has 0 radical (unpaired) electrons. The summed E-state index contributed by atoms with van der Waals surface area (Å²) in [6.45, 7) is 10.4. The maximum Gasteiger partial charge on any atom is 0.338 e. The highest BCUT2D eigenvalue weighted by Gasteiger charge is 2.52. The largest absolute Gasteiger partial charge is 0.460 e. The highest BCUT2D eigenvalue weighted by molar-refractivity contribution is 5.98. The molecule has 328 valence electrons. The maximum absolute atomic E-state index is 14.0. The number of carbonyl (C=O) groups excluding carboxylic acids is 4. The number of epoxide rings is 1. The van der Waals surface area contributed by atoms with Gasteiger partial charge in [0.2, 0.25) is 11.8 Å². The number of amides is 2. The van der Waals surface area contributed by atoms with Gasteiger partial charge in [-0.25, -0.2) is 4.79 Å². The van der Waals surface area contributed by atoms with Crippen molar-refractivity contribution in [3.63, 3.8) is 0 Å². The Hall–Kier alpha value is -3.62. The molecule has 9 unspecified atom stereocenters. The Balaban J connectivity index is 1.32. The zero-order chi connectivity index (χ0) is 42.7. The van der Waals surface area contributed by atoms with Crippen molar-refractivity contribution in [2.45, 2.75) is 192 Å². The van der Waals surface area contributed by atoms with Crippen molar-refractivity contribution in [3.8, 4) is 0 Å². The van der Waals surface area contributed by atoms with E-state index in [2.05, 4.69) is 30.6 Å². The summed E-state index contributed by atoms with van der Waals surface area (Å²) in [5.74, 6) is -2.90. The van der Waals surface area contributed by atoms with Gasteiger partial charge in [0.15, 0.2) is 5.79 Å². The minimum atomic E-state index is -1.40. The van der Waals surface area contributed by atoms with Crippen LogP contribution < -0.4 is 10.6 Å². The lowest BCUT2D eigenvalue weighted by molar-refractivity contribution is -0.190. The number of hydrogen-bond acceptors (Lipinski definition) is 11. The van der Waals surface area contributed by atoms with E-state index in [1.807, 2.05) is 18.2 Å². The van der Waals surface area contributed by atoms with Crippen LogP contribution in [0.5, 0.6) is 0 Å². The predicted molar refractivity (Wildman–Crippen MR) is 222 cm³/mol. The van der Waals surface area contributed by atoms with Crippen LogP contribution in [0.15, 0.2) is 42.0 Å². The Morgan fingerprint density at radius 2 is 1.73 bits per heavy atom. The molecule has 0 spiro atoms. The van der Waals surface area contributed by atoms with Crippen molar-refractivity contribution < 1.29 is 53.1 Å². The van der Waals surface area contributed by atoms with Crippen LogP contribution in [0.25, 0.3) is 6.08 Å². The van der Waals surface area contributed by atoms with Gasteiger partial charge in [0.05, 0.1) is 36.5 Å². The molecule has 1 aromatic carbocycles. The smallest absolute Gasteiger partial charge is 0.338 e. The van der Waals surface area contributed by atoms with Gasteiger partial charge in [0.25, 0.3) is 0 Å². The van der Waals surface area contributed by atoms with E-state index in [0.29, 0.717) is 36.5 Å². The van der Waals surface area contributed by atoms with E-state index in [1.165, 1.54) is 6.92 Å².